The summed E-state index contributed by atoms with van der Waals surface area (Å²) in [6, 6.07) is 7.10. The number of methoxy groups -OCH3 is 1. The Labute approximate surface area is 180 Å². The number of hydrogen-bond acceptors (Lipinski definition) is 6. The molecule has 9 nitrogen and oxygen atoms in total. The Bertz CT molecular complexity index is 1110. The molecule has 2 aromatic heterocycles. The molecule has 1 N–H and O–H groups in total. The molecule has 9 heteroatoms. The topological polar surface area (TPSA) is 102 Å². The van der Waals surface area contributed by atoms with Gasteiger partial charge in [0.1, 0.15) is 11.6 Å². The number of likely N-dealkylation sites (tertiary alicyclic amines) is 1. The van der Waals surface area contributed by atoms with E-state index in [1.807, 2.05) is 0 Å². The Morgan fingerprint density at radius 1 is 1.19 bits per heavy atom. The van der Waals surface area contributed by atoms with Gasteiger partial charge in [-0.25, -0.2) is 9.97 Å². The van der Waals surface area contributed by atoms with Crippen molar-refractivity contribution >= 4 is 17.5 Å². The number of benzene rings is 1. The molecule has 1 fully saturated rings. The summed E-state index contributed by atoms with van der Waals surface area (Å²) in [5.74, 6) is 1.10. The van der Waals surface area contributed by atoms with Gasteiger partial charge < -0.3 is 15.0 Å². The van der Waals surface area contributed by atoms with E-state index in [1.165, 1.54) is 0 Å². The zero-order valence-electron chi connectivity index (χ0n) is 17.7. The summed E-state index contributed by atoms with van der Waals surface area (Å²) >= 11 is 0. The van der Waals surface area contributed by atoms with Gasteiger partial charge in [0, 0.05) is 44.1 Å². The van der Waals surface area contributed by atoms with Crippen LogP contribution < -0.4 is 10.1 Å². The Morgan fingerprint density at radius 3 is 2.61 bits per heavy atom. The van der Waals surface area contributed by atoms with Crippen LogP contribution >= 0.6 is 0 Å². The molecule has 0 spiro atoms. The summed E-state index contributed by atoms with van der Waals surface area (Å²) < 4.78 is 6.74. The molecule has 4 rings (SSSR count). The van der Waals surface area contributed by atoms with E-state index in [2.05, 4.69) is 20.4 Å². The average molecular weight is 420 g/mol. The minimum Gasteiger partial charge on any atom is -0.497 e. The van der Waals surface area contributed by atoms with Crippen molar-refractivity contribution in [1.29, 1.82) is 0 Å². The van der Waals surface area contributed by atoms with Crippen molar-refractivity contribution in [3.05, 3.63) is 65.5 Å². The molecule has 0 unspecified atom stereocenters. The van der Waals surface area contributed by atoms with E-state index in [0.717, 1.165) is 12.2 Å². The maximum absolute atomic E-state index is 12.6. The van der Waals surface area contributed by atoms with Crippen LogP contribution in [0.3, 0.4) is 0 Å². The van der Waals surface area contributed by atoms with Crippen LogP contribution in [-0.4, -0.2) is 56.7 Å². The monoisotopic (exact) mass is 420 g/mol. The highest BCUT2D eigenvalue weighted by atomic mass is 16.5. The maximum atomic E-state index is 12.6. The van der Waals surface area contributed by atoms with Crippen molar-refractivity contribution in [2.75, 3.05) is 25.5 Å². The molecule has 0 saturated carbocycles. The summed E-state index contributed by atoms with van der Waals surface area (Å²) in [7, 11) is 3.38. The third-order valence-electron chi connectivity index (χ3n) is 5.38. The lowest BCUT2D eigenvalue weighted by Gasteiger charge is -2.15. The first-order chi connectivity index (χ1) is 14.9. The predicted octanol–water partition coefficient (Wildman–Crippen LogP) is 2.41. The lowest BCUT2D eigenvalue weighted by Crippen LogP contribution is -2.28. The summed E-state index contributed by atoms with van der Waals surface area (Å²) in [4.78, 5) is 36.1. The zero-order chi connectivity index (χ0) is 22.0. The lowest BCUT2D eigenvalue weighted by atomic mass is 10.1. The number of anilines is 1. The Balaban J connectivity index is 1.42. The first-order valence-electron chi connectivity index (χ1n) is 10.0. The number of carbonyl (C=O) groups is 2. The van der Waals surface area contributed by atoms with Crippen molar-refractivity contribution in [2.24, 2.45) is 7.05 Å². The van der Waals surface area contributed by atoms with Crippen molar-refractivity contribution < 1.29 is 14.3 Å². The van der Waals surface area contributed by atoms with Gasteiger partial charge in [-0.3, -0.25) is 14.3 Å². The van der Waals surface area contributed by atoms with E-state index < -0.39 is 0 Å². The maximum Gasteiger partial charge on any atom is 0.259 e. The van der Waals surface area contributed by atoms with Crippen molar-refractivity contribution in [3.63, 3.8) is 0 Å². The molecule has 3 heterocycles. The molecule has 160 valence electrons. The number of rotatable bonds is 5. The highest BCUT2D eigenvalue weighted by molar-refractivity contribution is 6.04. The van der Waals surface area contributed by atoms with E-state index >= 15 is 0 Å². The summed E-state index contributed by atoms with van der Waals surface area (Å²) in [6.07, 6.45) is 5.63. The number of carbonyl (C=O) groups excluding carboxylic acids is 2. The smallest absolute Gasteiger partial charge is 0.259 e. The summed E-state index contributed by atoms with van der Waals surface area (Å²) in [5.41, 5.74) is 2.26. The fourth-order valence-corrected chi connectivity index (χ4v) is 3.65. The van der Waals surface area contributed by atoms with E-state index in [9.17, 15) is 9.59 Å². The molecular formula is C22H24N6O3. The molecule has 2 amide bonds. The largest absolute Gasteiger partial charge is 0.497 e. The normalized spacial score (nSPS) is 15.7. The first-order valence-corrected chi connectivity index (χ1v) is 10.0. The van der Waals surface area contributed by atoms with Crippen LogP contribution in [0.25, 0.3) is 0 Å². The highest BCUT2D eigenvalue weighted by Gasteiger charge is 2.30. The number of aromatic nitrogens is 4. The second-order valence-electron chi connectivity index (χ2n) is 7.55. The van der Waals surface area contributed by atoms with Crippen LogP contribution in [0, 0.1) is 6.92 Å². The summed E-state index contributed by atoms with van der Waals surface area (Å²) in [6.45, 7) is 2.98. The quantitative estimate of drug-likeness (QED) is 0.680. The van der Waals surface area contributed by atoms with Crippen LogP contribution in [0.5, 0.6) is 5.75 Å². The minimum atomic E-state index is -0.269. The molecule has 3 aromatic rings. The molecule has 31 heavy (non-hydrogen) atoms. The standard InChI is InChI=1S/C22H24N6O3/c1-14-19(21(29)26-17-4-6-18(31-3)7-5-17)11-23-20(25-14)15-8-9-28(13-15)22(30)16-10-24-27(2)12-16/h4-7,10-12,15H,8-9,13H2,1-3H3,(H,26,29)/t15-/m0/s1. The molecule has 1 aliphatic heterocycles. The van der Waals surface area contributed by atoms with Gasteiger partial charge in [0.25, 0.3) is 11.8 Å². The Hall–Kier alpha value is -3.75. The number of ether oxygens (including phenoxy) is 1. The van der Waals surface area contributed by atoms with Gasteiger partial charge in [0.2, 0.25) is 0 Å². The van der Waals surface area contributed by atoms with Crippen LogP contribution in [0.1, 0.15) is 44.6 Å². The third-order valence-corrected chi connectivity index (χ3v) is 5.38. The second kappa shape index (κ2) is 8.55. The van der Waals surface area contributed by atoms with Crippen LogP contribution in [0.2, 0.25) is 0 Å². The van der Waals surface area contributed by atoms with Gasteiger partial charge in [-0.1, -0.05) is 0 Å². The second-order valence-corrected chi connectivity index (χ2v) is 7.55. The highest BCUT2D eigenvalue weighted by Crippen LogP contribution is 2.26. The molecule has 1 aromatic carbocycles. The number of aryl methyl sites for hydroxylation is 2. The van der Waals surface area contributed by atoms with Crippen molar-refractivity contribution in [2.45, 2.75) is 19.3 Å². The fraction of sp³-hybridized carbons (Fsp3) is 0.318. The minimum absolute atomic E-state index is 0.0391. The summed E-state index contributed by atoms with van der Waals surface area (Å²) in [5, 5.41) is 6.91. The molecule has 1 saturated heterocycles. The molecule has 0 bridgehead atoms. The van der Waals surface area contributed by atoms with E-state index in [4.69, 9.17) is 4.74 Å². The van der Waals surface area contributed by atoms with E-state index in [0.29, 0.717) is 41.4 Å². The van der Waals surface area contributed by atoms with Gasteiger partial charge in [-0.2, -0.15) is 5.10 Å². The van der Waals surface area contributed by atoms with Gasteiger partial charge in [0.15, 0.2) is 0 Å². The molecule has 0 aliphatic carbocycles. The van der Waals surface area contributed by atoms with E-state index in [1.54, 1.807) is 73.5 Å². The van der Waals surface area contributed by atoms with Crippen LogP contribution in [0.15, 0.2) is 42.9 Å². The van der Waals surface area contributed by atoms with E-state index in [-0.39, 0.29) is 17.7 Å². The molecule has 1 atom stereocenters. The zero-order valence-corrected chi connectivity index (χ0v) is 17.7. The molecular weight excluding hydrogens is 396 g/mol. The van der Waals surface area contributed by atoms with Crippen LogP contribution in [-0.2, 0) is 7.05 Å². The van der Waals surface area contributed by atoms with Crippen LogP contribution in [0.4, 0.5) is 5.69 Å². The molecule has 0 radical (unpaired) electrons. The predicted molar refractivity (Wildman–Crippen MR) is 114 cm³/mol. The third kappa shape index (κ3) is 4.40. The lowest BCUT2D eigenvalue weighted by molar-refractivity contribution is 0.0790. The number of hydrogen-bond donors (Lipinski definition) is 1. The fourth-order valence-electron chi connectivity index (χ4n) is 3.65. The SMILES string of the molecule is COc1ccc(NC(=O)c2cnc([C@H]3CCN(C(=O)c4cnn(C)c4)C3)nc2C)cc1. The van der Waals surface area contributed by atoms with Gasteiger partial charge in [-0.15, -0.1) is 0 Å². The number of amides is 2. The average Bonchev–Trinajstić information content (AvgIpc) is 3.43. The van der Waals surface area contributed by atoms with Gasteiger partial charge in [0.05, 0.1) is 30.1 Å². The van der Waals surface area contributed by atoms with Gasteiger partial charge >= 0.3 is 0 Å². The first kappa shape index (κ1) is 20.5. The van der Waals surface area contributed by atoms with Crippen molar-refractivity contribution in [1.82, 2.24) is 24.6 Å². The van der Waals surface area contributed by atoms with Crippen molar-refractivity contribution in [3.8, 4) is 5.75 Å². The van der Waals surface area contributed by atoms with Gasteiger partial charge in [-0.05, 0) is 37.6 Å². The molecule has 1 aliphatic rings. The number of nitrogens with one attached hydrogen (secondary N) is 1. The Kier molecular flexibility index (Phi) is 5.66. The Morgan fingerprint density at radius 2 is 1.97 bits per heavy atom. The number of nitrogens with zero attached hydrogens (tertiary/aromatic N) is 5.